The molecule has 0 N–H and O–H groups in total. The molecule has 1 fully saturated rings. The molecule has 3 rings (SSSR count). The molecule has 1 aromatic rings. The Hall–Kier alpha value is -0.860. The summed E-state index contributed by atoms with van der Waals surface area (Å²) in [6, 6.07) is 8.54. The van der Waals surface area contributed by atoms with E-state index in [0.29, 0.717) is 18.8 Å². The summed E-state index contributed by atoms with van der Waals surface area (Å²) in [5, 5.41) is 0. The highest BCUT2D eigenvalue weighted by Crippen LogP contribution is 2.40. The molecule has 68 valence electrons. The first kappa shape index (κ1) is 7.54. The Morgan fingerprint density at radius 2 is 2.15 bits per heavy atom. The first-order valence-electron chi connectivity index (χ1n) is 4.72. The molecule has 13 heavy (non-hydrogen) atoms. The van der Waals surface area contributed by atoms with Crippen LogP contribution in [0.3, 0.4) is 0 Å². The van der Waals surface area contributed by atoms with Gasteiger partial charge in [0.15, 0.2) is 0 Å². The molecular weight excluding hydrogens is 164 g/mol. The fraction of sp³-hybridized carbons (Fsp3) is 0.455. The number of fused-ring (bicyclic) bond motifs is 3. The lowest BCUT2D eigenvalue weighted by Gasteiger charge is -2.26. The molecule has 0 unspecified atom stereocenters. The Morgan fingerprint density at radius 1 is 1.23 bits per heavy atom. The Bertz CT molecular complexity index is 322. The van der Waals surface area contributed by atoms with Gasteiger partial charge < -0.3 is 9.47 Å². The third-order valence-corrected chi connectivity index (χ3v) is 2.93. The van der Waals surface area contributed by atoms with Crippen LogP contribution in [0.2, 0.25) is 0 Å². The molecule has 2 heteroatoms. The first-order chi connectivity index (χ1) is 6.45. The summed E-state index contributed by atoms with van der Waals surface area (Å²) < 4.78 is 10.9. The highest BCUT2D eigenvalue weighted by atomic mass is 16.7. The van der Waals surface area contributed by atoms with Crippen LogP contribution in [0.15, 0.2) is 24.3 Å². The van der Waals surface area contributed by atoms with Crippen molar-refractivity contribution in [2.24, 2.45) is 5.92 Å². The predicted molar refractivity (Wildman–Crippen MR) is 48.3 cm³/mol. The van der Waals surface area contributed by atoms with Crippen molar-refractivity contribution >= 4 is 0 Å². The van der Waals surface area contributed by atoms with Gasteiger partial charge in [-0.1, -0.05) is 24.3 Å². The fourth-order valence-electron chi connectivity index (χ4n) is 2.33. The van der Waals surface area contributed by atoms with Crippen LogP contribution in [0.4, 0.5) is 0 Å². The maximum atomic E-state index is 5.61. The van der Waals surface area contributed by atoms with E-state index in [1.54, 1.807) is 0 Å². The van der Waals surface area contributed by atoms with Crippen LogP contribution in [0, 0.1) is 5.92 Å². The van der Waals surface area contributed by atoms with Gasteiger partial charge in [-0.15, -0.1) is 0 Å². The van der Waals surface area contributed by atoms with Gasteiger partial charge in [0.2, 0.25) is 0 Å². The Kier molecular flexibility index (Phi) is 1.64. The smallest absolute Gasteiger partial charge is 0.147 e. The summed E-state index contributed by atoms with van der Waals surface area (Å²) in [6.45, 7) is 1.30. The number of benzene rings is 1. The average molecular weight is 176 g/mol. The van der Waals surface area contributed by atoms with Gasteiger partial charge in [-0.05, 0) is 17.5 Å². The molecule has 1 saturated heterocycles. The fourth-order valence-corrected chi connectivity index (χ4v) is 2.33. The Balaban J connectivity index is 2.01. The van der Waals surface area contributed by atoms with E-state index in [9.17, 15) is 0 Å². The maximum absolute atomic E-state index is 5.61. The monoisotopic (exact) mass is 176 g/mol. The molecule has 0 amide bonds. The van der Waals surface area contributed by atoms with Gasteiger partial charge in [-0.3, -0.25) is 0 Å². The molecule has 0 spiro atoms. The standard InChI is InChI=1S/C11H12O2/c1-2-4-10-8(3-1)5-9-6-12-7-13-11(9)10/h1-4,9,11H,5-7H2/t9-,11-/m1/s1. The summed E-state index contributed by atoms with van der Waals surface area (Å²) in [5.41, 5.74) is 2.80. The maximum Gasteiger partial charge on any atom is 0.147 e. The van der Waals surface area contributed by atoms with Crippen LogP contribution in [0.25, 0.3) is 0 Å². The van der Waals surface area contributed by atoms with Crippen LogP contribution in [0.5, 0.6) is 0 Å². The van der Waals surface area contributed by atoms with Gasteiger partial charge in [-0.25, -0.2) is 0 Å². The van der Waals surface area contributed by atoms with Crippen molar-refractivity contribution in [3.63, 3.8) is 0 Å². The zero-order valence-corrected chi connectivity index (χ0v) is 7.40. The van der Waals surface area contributed by atoms with E-state index in [1.807, 2.05) is 0 Å². The minimum absolute atomic E-state index is 0.296. The molecule has 2 atom stereocenters. The van der Waals surface area contributed by atoms with Gasteiger partial charge in [0.25, 0.3) is 0 Å². The van der Waals surface area contributed by atoms with Crippen molar-refractivity contribution in [3.05, 3.63) is 35.4 Å². The third-order valence-electron chi connectivity index (χ3n) is 2.93. The van der Waals surface area contributed by atoms with E-state index < -0.39 is 0 Å². The summed E-state index contributed by atoms with van der Waals surface area (Å²) in [6.07, 6.45) is 1.41. The van der Waals surface area contributed by atoms with Crippen LogP contribution >= 0.6 is 0 Å². The van der Waals surface area contributed by atoms with E-state index >= 15 is 0 Å². The number of rotatable bonds is 0. The minimum atomic E-state index is 0.296. The third kappa shape index (κ3) is 1.10. The zero-order valence-electron chi connectivity index (χ0n) is 7.40. The van der Waals surface area contributed by atoms with Gasteiger partial charge in [0, 0.05) is 5.92 Å². The summed E-state index contributed by atoms with van der Waals surface area (Å²) in [7, 11) is 0. The van der Waals surface area contributed by atoms with Crippen molar-refractivity contribution in [1.29, 1.82) is 0 Å². The topological polar surface area (TPSA) is 18.5 Å². The largest absolute Gasteiger partial charge is 0.355 e. The van der Waals surface area contributed by atoms with Gasteiger partial charge in [0.05, 0.1) is 12.7 Å². The van der Waals surface area contributed by atoms with Crippen molar-refractivity contribution in [2.45, 2.75) is 12.5 Å². The SMILES string of the molecule is c1ccc2c(c1)C[C@@H]1COCO[C@@H]21. The molecule has 2 aliphatic rings. The second-order valence-corrected chi connectivity index (χ2v) is 3.74. The number of hydrogen-bond acceptors (Lipinski definition) is 2. The minimum Gasteiger partial charge on any atom is -0.355 e. The summed E-state index contributed by atoms with van der Waals surface area (Å²) in [4.78, 5) is 0. The van der Waals surface area contributed by atoms with Crippen LogP contribution in [-0.4, -0.2) is 13.4 Å². The van der Waals surface area contributed by atoms with E-state index in [-0.39, 0.29) is 0 Å². The van der Waals surface area contributed by atoms with E-state index in [1.165, 1.54) is 11.1 Å². The molecular formula is C11H12O2. The Morgan fingerprint density at radius 3 is 3.15 bits per heavy atom. The van der Waals surface area contributed by atoms with Crippen molar-refractivity contribution in [2.75, 3.05) is 13.4 Å². The molecule has 1 heterocycles. The highest BCUT2D eigenvalue weighted by Gasteiger charge is 2.35. The molecule has 0 aromatic heterocycles. The van der Waals surface area contributed by atoms with Crippen LogP contribution in [-0.2, 0) is 15.9 Å². The predicted octanol–water partition coefficient (Wildman–Crippen LogP) is 1.90. The molecule has 2 nitrogen and oxygen atoms in total. The van der Waals surface area contributed by atoms with E-state index in [0.717, 1.165) is 13.0 Å². The van der Waals surface area contributed by atoms with Crippen LogP contribution < -0.4 is 0 Å². The van der Waals surface area contributed by atoms with E-state index in [2.05, 4.69) is 24.3 Å². The van der Waals surface area contributed by atoms with Crippen molar-refractivity contribution in [3.8, 4) is 0 Å². The lowest BCUT2D eigenvalue weighted by Crippen LogP contribution is -2.24. The molecule has 0 saturated carbocycles. The zero-order chi connectivity index (χ0) is 8.67. The van der Waals surface area contributed by atoms with Gasteiger partial charge >= 0.3 is 0 Å². The molecule has 0 bridgehead atoms. The lowest BCUT2D eigenvalue weighted by molar-refractivity contribution is -0.166. The normalized spacial score (nSPS) is 31.1. The molecule has 1 aliphatic heterocycles. The second-order valence-electron chi connectivity index (χ2n) is 3.74. The summed E-state index contributed by atoms with van der Waals surface area (Å²) >= 11 is 0. The van der Waals surface area contributed by atoms with E-state index in [4.69, 9.17) is 9.47 Å². The first-order valence-corrected chi connectivity index (χ1v) is 4.72. The number of hydrogen-bond donors (Lipinski definition) is 0. The molecule has 1 aliphatic carbocycles. The van der Waals surface area contributed by atoms with Gasteiger partial charge in [0.1, 0.15) is 6.79 Å². The van der Waals surface area contributed by atoms with Crippen molar-refractivity contribution < 1.29 is 9.47 Å². The summed E-state index contributed by atoms with van der Waals surface area (Å²) in [5.74, 6) is 0.547. The quantitative estimate of drug-likeness (QED) is 0.601. The number of ether oxygens (including phenoxy) is 2. The second kappa shape index (κ2) is 2.82. The lowest BCUT2D eigenvalue weighted by atomic mass is 10.0. The average Bonchev–Trinajstić information content (AvgIpc) is 2.56. The highest BCUT2D eigenvalue weighted by molar-refractivity contribution is 5.34. The molecule has 1 aromatic carbocycles. The Labute approximate surface area is 77.5 Å². The van der Waals surface area contributed by atoms with Crippen LogP contribution in [0.1, 0.15) is 17.2 Å². The molecule has 0 radical (unpaired) electrons. The van der Waals surface area contributed by atoms with Crippen molar-refractivity contribution in [1.82, 2.24) is 0 Å². The van der Waals surface area contributed by atoms with Gasteiger partial charge in [-0.2, -0.15) is 0 Å².